The van der Waals surface area contributed by atoms with Gasteiger partial charge in [-0.05, 0) is 49.8 Å². The van der Waals surface area contributed by atoms with Crippen LogP contribution in [0, 0.1) is 0 Å². The standard InChI is InChI=1S/C23H29N3O3/c27-22(20-9-4-5-13-26(20)23(28)21-10-6-16-29-21)24-19-11-14-25(15-12-19)17-18-7-2-1-3-8-18/h1-3,6-8,10,16,19-20H,4-5,9,11-15,17H2,(H,24,27). The Balaban J connectivity index is 1.30. The number of carbonyl (C=O) groups excluding carboxylic acids is 2. The van der Waals surface area contributed by atoms with Gasteiger partial charge >= 0.3 is 0 Å². The topological polar surface area (TPSA) is 65.8 Å². The van der Waals surface area contributed by atoms with Gasteiger partial charge in [-0.15, -0.1) is 0 Å². The maximum Gasteiger partial charge on any atom is 0.290 e. The van der Waals surface area contributed by atoms with Gasteiger partial charge in [0.2, 0.25) is 5.91 Å². The molecule has 1 aromatic heterocycles. The maximum atomic E-state index is 13.0. The van der Waals surface area contributed by atoms with Crippen LogP contribution in [0.1, 0.15) is 48.2 Å². The van der Waals surface area contributed by atoms with Crippen LogP contribution in [-0.2, 0) is 11.3 Å². The molecule has 6 nitrogen and oxygen atoms in total. The van der Waals surface area contributed by atoms with Crippen LogP contribution >= 0.6 is 0 Å². The summed E-state index contributed by atoms with van der Waals surface area (Å²) in [6.07, 6.45) is 5.99. The molecule has 0 radical (unpaired) electrons. The van der Waals surface area contributed by atoms with E-state index in [9.17, 15) is 9.59 Å². The highest BCUT2D eigenvalue weighted by Crippen LogP contribution is 2.21. The van der Waals surface area contributed by atoms with E-state index in [0.717, 1.165) is 45.3 Å². The second-order valence-corrected chi connectivity index (χ2v) is 8.03. The molecule has 4 rings (SSSR count). The quantitative estimate of drug-likeness (QED) is 0.845. The summed E-state index contributed by atoms with van der Waals surface area (Å²) in [7, 11) is 0. The van der Waals surface area contributed by atoms with Crippen LogP contribution in [0.2, 0.25) is 0 Å². The molecule has 3 heterocycles. The van der Waals surface area contributed by atoms with E-state index in [-0.39, 0.29) is 17.9 Å². The zero-order chi connectivity index (χ0) is 20.1. The number of likely N-dealkylation sites (tertiary alicyclic amines) is 2. The van der Waals surface area contributed by atoms with Gasteiger partial charge in [0.05, 0.1) is 6.26 Å². The molecular formula is C23H29N3O3. The molecule has 6 heteroatoms. The Morgan fingerprint density at radius 3 is 2.48 bits per heavy atom. The van der Waals surface area contributed by atoms with Crippen molar-refractivity contribution in [3.8, 4) is 0 Å². The maximum absolute atomic E-state index is 13.0. The van der Waals surface area contributed by atoms with Gasteiger partial charge in [-0.3, -0.25) is 14.5 Å². The van der Waals surface area contributed by atoms with Crippen molar-refractivity contribution in [1.29, 1.82) is 0 Å². The minimum atomic E-state index is -0.399. The number of benzene rings is 1. The van der Waals surface area contributed by atoms with Crippen LogP contribution in [-0.4, -0.2) is 53.3 Å². The van der Waals surface area contributed by atoms with E-state index in [1.165, 1.54) is 11.8 Å². The molecule has 0 saturated carbocycles. The van der Waals surface area contributed by atoms with Crippen molar-refractivity contribution < 1.29 is 14.0 Å². The molecule has 29 heavy (non-hydrogen) atoms. The number of carbonyl (C=O) groups is 2. The molecule has 1 unspecified atom stereocenters. The monoisotopic (exact) mass is 395 g/mol. The first kappa shape index (κ1) is 19.7. The molecule has 1 N–H and O–H groups in total. The minimum absolute atomic E-state index is 0.0221. The van der Waals surface area contributed by atoms with Crippen molar-refractivity contribution in [2.24, 2.45) is 0 Å². The number of furan rings is 1. The molecule has 2 amide bonds. The first-order valence-corrected chi connectivity index (χ1v) is 10.6. The fourth-order valence-electron chi connectivity index (χ4n) is 4.36. The van der Waals surface area contributed by atoms with E-state index in [2.05, 4.69) is 34.5 Å². The summed E-state index contributed by atoms with van der Waals surface area (Å²) in [6.45, 7) is 3.50. The fraction of sp³-hybridized carbons (Fsp3) is 0.478. The van der Waals surface area contributed by atoms with Gasteiger partial charge in [0.1, 0.15) is 6.04 Å². The molecule has 0 bridgehead atoms. The largest absolute Gasteiger partial charge is 0.459 e. The van der Waals surface area contributed by atoms with E-state index in [1.807, 2.05) is 6.07 Å². The number of nitrogens with zero attached hydrogens (tertiary/aromatic N) is 2. The van der Waals surface area contributed by atoms with E-state index >= 15 is 0 Å². The molecule has 2 fully saturated rings. The molecule has 0 aliphatic carbocycles. The minimum Gasteiger partial charge on any atom is -0.459 e. The number of rotatable bonds is 5. The summed E-state index contributed by atoms with van der Waals surface area (Å²) >= 11 is 0. The predicted octanol–water partition coefficient (Wildman–Crippen LogP) is 3.06. The molecule has 1 aromatic carbocycles. The number of amides is 2. The SMILES string of the molecule is O=C(NC1CCN(Cc2ccccc2)CC1)C1CCCCN1C(=O)c1ccco1. The lowest BCUT2D eigenvalue weighted by Gasteiger charge is -2.37. The van der Waals surface area contributed by atoms with Crippen LogP contribution in [0.4, 0.5) is 0 Å². The highest BCUT2D eigenvalue weighted by molar-refractivity contribution is 5.95. The lowest BCUT2D eigenvalue weighted by molar-refractivity contribution is -0.127. The number of hydrogen-bond acceptors (Lipinski definition) is 4. The third-order valence-electron chi connectivity index (χ3n) is 5.98. The zero-order valence-electron chi connectivity index (χ0n) is 16.8. The Hall–Kier alpha value is -2.60. The Bertz CT molecular complexity index is 798. The summed E-state index contributed by atoms with van der Waals surface area (Å²) in [4.78, 5) is 29.8. The highest BCUT2D eigenvalue weighted by Gasteiger charge is 2.34. The lowest BCUT2D eigenvalue weighted by Crippen LogP contribution is -2.55. The van der Waals surface area contributed by atoms with Crippen molar-refractivity contribution in [3.05, 3.63) is 60.1 Å². The van der Waals surface area contributed by atoms with Gasteiger partial charge in [0.15, 0.2) is 5.76 Å². The van der Waals surface area contributed by atoms with Crippen molar-refractivity contribution in [2.75, 3.05) is 19.6 Å². The van der Waals surface area contributed by atoms with Gasteiger partial charge < -0.3 is 14.6 Å². The molecule has 1 atom stereocenters. The Morgan fingerprint density at radius 1 is 0.966 bits per heavy atom. The molecule has 0 spiro atoms. The summed E-state index contributed by atoms with van der Waals surface area (Å²) in [5.41, 5.74) is 1.32. The Kier molecular flexibility index (Phi) is 6.30. The second-order valence-electron chi connectivity index (χ2n) is 8.03. The third kappa shape index (κ3) is 4.88. The van der Waals surface area contributed by atoms with Crippen molar-refractivity contribution >= 4 is 11.8 Å². The normalized spacial score (nSPS) is 21.1. The van der Waals surface area contributed by atoms with Crippen molar-refractivity contribution in [1.82, 2.24) is 15.1 Å². The smallest absolute Gasteiger partial charge is 0.290 e. The first-order chi connectivity index (χ1) is 14.2. The average molecular weight is 396 g/mol. The molecule has 154 valence electrons. The summed E-state index contributed by atoms with van der Waals surface area (Å²) in [5, 5.41) is 3.21. The first-order valence-electron chi connectivity index (χ1n) is 10.6. The van der Waals surface area contributed by atoms with Gasteiger partial charge in [-0.2, -0.15) is 0 Å². The van der Waals surface area contributed by atoms with Crippen LogP contribution in [0.25, 0.3) is 0 Å². The van der Waals surface area contributed by atoms with E-state index in [0.29, 0.717) is 18.7 Å². The zero-order valence-corrected chi connectivity index (χ0v) is 16.8. The number of piperidine rings is 2. The summed E-state index contributed by atoms with van der Waals surface area (Å²) in [6, 6.07) is 13.6. The summed E-state index contributed by atoms with van der Waals surface area (Å²) in [5.74, 6) is 0.0950. The third-order valence-corrected chi connectivity index (χ3v) is 5.98. The predicted molar refractivity (Wildman–Crippen MR) is 110 cm³/mol. The van der Waals surface area contributed by atoms with Gasteiger partial charge in [-0.1, -0.05) is 30.3 Å². The number of nitrogens with one attached hydrogen (secondary N) is 1. The number of hydrogen-bond donors (Lipinski definition) is 1. The molecule has 2 saturated heterocycles. The van der Waals surface area contributed by atoms with Crippen LogP contribution < -0.4 is 5.32 Å². The Labute approximate surface area is 171 Å². The second kappa shape index (κ2) is 9.27. The highest BCUT2D eigenvalue weighted by atomic mass is 16.3. The summed E-state index contributed by atoms with van der Waals surface area (Å²) < 4.78 is 5.26. The molecule has 2 aliphatic rings. The van der Waals surface area contributed by atoms with Gasteiger partial charge in [0, 0.05) is 32.2 Å². The van der Waals surface area contributed by atoms with Crippen LogP contribution in [0.3, 0.4) is 0 Å². The van der Waals surface area contributed by atoms with Gasteiger partial charge in [0.25, 0.3) is 5.91 Å². The Morgan fingerprint density at radius 2 is 1.76 bits per heavy atom. The van der Waals surface area contributed by atoms with Crippen molar-refractivity contribution in [3.63, 3.8) is 0 Å². The average Bonchev–Trinajstić information content (AvgIpc) is 3.30. The lowest BCUT2D eigenvalue weighted by atomic mass is 9.99. The van der Waals surface area contributed by atoms with E-state index in [1.54, 1.807) is 17.0 Å². The van der Waals surface area contributed by atoms with E-state index < -0.39 is 6.04 Å². The molecular weight excluding hydrogens is 366 g/mol. The van der Waals surface area contributed by atoms with E-state index in [4.69, 9.17) is 4.42 Å². The molecule has 2 aromatic rings. The van der Waals surface area contributed by atoms with Gasteiger partial charge in [-0.25, -0.2) is 0 Å². The van der Waals surface area contributed by atoms with Crippen molar-refractivity contribution in [2.45, 2.75) is 50.7 Å². The van der Waals surface area contributed by atoms with Crippen LogP contribution in [0.5, 0.6) is 0 Å². The fourth-order valence-corrected chi connectivity index (χ4v) is 4.36. The van der Waals surface area contributed by atoms with Crippen LogP contribution in [0.15, 0.2) is 53.1 Å². The molecule has 2 aliphatic heterocycles.